The van der Waals surface area contributed by atoms with Crippen LogP contribution < -0.4 is 5.32 Å². The average molecular weight is 135 g/mol. The van der Waals surface area contributed by atoms with Crippen LogP contribution in [0.15, 0.2) is 0 Å². The minimum Gasteiger partial charge on any atom is -0.373 e. The third-order valence-corrected chi connectivity index (χ3v) is 1.99. The number of thiocarbonyl (C=S) groups is 1. The van der Waals surface area contributed by atoms with Crippen LogP contribution in [-0.4, -0.2) is 21.4 Å². The van der Waals surface area contributed by atoms with Gasteiger partial charge in [-0.2, -0.15) is 0 Å². The molecular weight excluding hydrogens is 130 g/mol. The number of hydrogen-bond acceptors (Lipinski definition) is 3. The summed E-state index contributed by atoms with van der Waals surface area (Å²) in [5.74, 6) is 0.693. The fraction of sp³-hybridized carbons (Fsp3) is 0.667. The summed E-state index contributed by atoms with van der Waals surface area (Å²) in [5, 5.41) is 11.3. The molecular formula is C3H5NOS2. The fourth-order valence-electron chi connectivity index (χ4n) is 0.374. The lowest BCUT2D eigenvalue weighted by molar-refractivity contribution is 0.190. The van der Waals surface area contributed by atoms with E-state index in [1.54, 1.807) is 0 Å². The Morgan fingerprint density at radius 1 is 2.00 bits per heavy atom. The summed E-state index contributed by atoms with van der Waals surface area (Å²) in [6.07, 6.45) is -0.405. The highest BCUT2D eigenvalue weighted by Gasteiger charge is 2.13. The van der Waals surface area contributed by atoms with E-state index >= 15 is 0 Å². The van der Waals surface area contributed by atoms with Crippen molar-refractivity contribution >= 4 is 28.3 Å². The molecule has 0 spiro atoms. The molecule has 40 valence electrons. The zero-order valence-electron chi connectivity index (χ0n) is 3.55. The highest BCUT2D eigenvalue weighted by atomic mass is 32.2. The quantitative estimate of drug-likeness (QED) is 0.455. The first-order chi connectivity index (χ1) is 3.29. The third-order valence-electron chi connectivity index (χ3n) is 0.657. The first kappa shape index (κ1) is 5.34. The van der Waals surface area contributed by atoms with Crippen molar-refractivity contribution in [1.82, 2.24) is 5.32 Å². The Kier molecular flexibility index (Phi) is 1.51. The lowest BCUT2D eigenvalue weighted by Crippen LogP contribution is -2.24. The number of aliphatic hydroxyl groups is 1. The molecule has 0 aromatic rings. The molecule has 7 heavy (non-hydrogen) atoms. The van der Waals surface area contributed by atoms with Gasteiger partial charge in [0.25, 0.3) is 0 Å². The van der Waals surface area contributed by atoms with Crippen LogP contribution >= 0.6 is 24.0 Å². The van der Waals surface area contributed by atoms with Gasteiger partial charge in [0.05, 0.1) is 0 Å². The van der Waals surface area contributed by atoms with Crippen LogP contribution in [0.5, 0.6) is 0 Å². The Labute approximate surface area is 51.3 Å². The maximum absolute atomic E-state index is 8.68. The van der Waals surface area contributed by atoms with Crippen LogP contribution in [0.3, 0.4) is 0 Å². The SMILES string of the molecule is OC1CSC(=S)N1. The van der Waals surface area contributed by atoms with E-state index < -0.39 is 6.23 Å². The van der Waals surface area contributed by atoms with Crippen molar-refractivity contribution in [2.45, 2.75) is 6.23 Å². The summed E-state index contributed by atoms with van der Waals surface area (Å²) >= 11 is 6.16. The second-order valence-corrected chi connectivity index (χ2v) is 2.96. The van der Waals surface area contributed by atoms with E-state index in [1.807, 2.05) is 0 Å². The molecule has 0 radical (unpaired) electrons. The van der Waals surface area contributed by atoms with Crippen molar-refractivity contribution in [1.29, 1.82) is 0 Å². The Hall–Kier alpha value is 0.200. The highest BCUT2D eigenvalue weighted by molar-refractivity contribution is 8.23. The molecule has 2 nitrogen and oxygen atoms in total. The fourth-order valence-corrected chi connectivity index (χ4v) is 1.33. The second-order valence-electron chi connectivity index (χ2n) is 1.26. The maximum atomic E-state index is 8.68. The Morgan fingerprint density at radius 2 is 2.71 bits per heavy atom. The molecule has 1 saturated heterocycles. The monoisotopic (exact) mass is 135 g/mol. The minimum atomic E-state index is -0.405. The Morgan fingerprint density at radius 3 is 2.86 bits per heavy atom. The predicted octanol–water partition coefficient (Wildman–Crippen LogP) is -0.0739. The first-order valence-electron chi connectivity index (χ1n) is 1.90. The van der Waals surface area contributed by atoms with E-state index in [2.05, 4.69) is 17.5 Å². The molecule has 4 heteroatoms. The highest BCUT2D eigenvalue weighted by Crippen LogP contribution is 2.10. The van der Waals surface area contributed by atoms with Crippen LogP contribution in [0.1, 0.15) is 0 Å². The minimum absolute atomic E-state index is 0.405. The molecule has 1 heterocycles. The van der Waals surface area contributed by atoms with Crippen molar-refractivity contribution in [2.24, 2.45) is 0 Å². The van der Waals surface area contributed by atoms with E-state index in [1.165, 1.54) is 11.8 Å². The molecule has 0 aromatic heterocycles. The molecule has 1 fully saturated rings. The maximum Gasteiger partial charge on any atom is 0.135 e. The van der Waals surface area contributed by atoms with Crippen molar-refractivity contribution < 1.29 is 5.11 Å². The van der Waals surface area contributed by atoms with Crippen LogP contribution in [-0.2, 0) is 0 Å². The van der Waals surface area contributed by atoms with Gasteiger partial charge in [-0.1, -0.05) is 24.0 Å². The van der Waals surface area contributed by atoms with Gasteiger partial charge in [0, 0.05) is 5.75 Å². The molecule has 0 amide bonds. The number of rotatable bonds is 0. The molecule has 2 N–H and O–H groups in total. The normalized spacial score (nSPS) is 30.4. The molecule has 0 bridgehead atoms. The van der Waals surface area contributed by atoms with Gasteiger partial charge in [0.15, 0.2) is 0 Å². The number of hydrogen-bond donors (Lipinski definition) is 2. The molecule has 1 aliphatic rings. The van der Waals surface area contributed by atoms with E-state index in [0.717, 1.165) is 0 Å². The second kappa shape index (κ2) is 1.98. The summed E-state index contributed by atoms with van der Waals surface area (Å²) in [4.78, 5) is 0. The summed E-state index contributed by atoms with van der Waals surface area (Å²) in [6, 6.07) is 0. The number of thioether (sulfide) groups is 1. The lowest BCUT2D eigenvalue weighted by atomic mass is 10.7. The number of aliphatic hydroxyl groups excluding tert-OH is 1. The summed E-state index contributed by atoms with van der Waals surface area (Å²) < 4.78 is 0.701. The van der Waals surface area contributed by atoms with Gasteiger partial charge in [-0.05, 0) is 0 Å². The van der Waals surface area contributed by atoms with E-state index in [0.29, 0.717) is 10.1 Å². The molecule has 1 rings (SSSR count). The zero-order valence-corrected chi connectivity index (χ0v) is 5.18. The summed E-state index contributed by atoms with van der Waals surface area (Å²) in [5.41, 5.74) is 0. The van der Waals surface area contributed by atoms with E-state index in [-0.39, 0.29) is 0 Å². The van der Waals surface area contributed by atoms with Crippen LogP contribution in [0.2, 0.25) is 0 Å². The predicted molar refractivity (Wildman–Crippen MR) is 34.2 cm³/mol. The smallest absolute Gasteiger partial charge is 0.135 e. The molecule has 1 unspecified atom stereocenters. The lowest BCUT2D eigenvalue weighted by Gasteiger charge is -1.95. The van der Waals surface area contributed by atoms with Crippen molar-refractivity contribution in [3.05, 3.63) is 0 Å². The van der Waals surface area contributed by atoms with Gasteiger partial charge in [-0.25, -0.2) is 0 Å². The largest absolute Gasteiger partial charge is 0.373 e. The van der Waals surface area contributed by atoms with Gasteiger partial charge in [-0.15, -0.1) is 0 Å². The first-order valence-corrected chi connectivity index (χ1v) is 3.30. The topological polar surface area (TPSA) is 32.3 Å². The van der Waals surface area contributed by atoms with Crippen molar-refractivity contribution in [2.75, 3.05) is 5.75 Å². The average Bonchev–Trinajstić information content (AvgIpc) is 1.87. The Bertz CT molecular complexity index is 94.9. The zero-order chi connectivity index (χ0) is 5.28. The standard InChI is InChI=1S/C3H5NOS2/c5-2-1-7-3(6)4-2/h2,5H,1H2,(H,4,6). The molecule has 1 aliphatic heterocycles. The van der Waals surface area contributed by atoms with Gasteiger partial charge in [0.1, 0.15) is 10.5 Å². The van der Waals surface area contributed by atoms with E-state index in [9.17, 15) is 0 Å². The van der Waals surface area contributed by atoms with Crippen molar-refractivity contribution in [3.63, 3.8) is 0 Å². The van der Waals surface area contributed by atoms with Gasteiger partial charge in [-0.3, -0.25) is 0 Å². The van der Waals surface area contributed by atoms with Gasteiger partial charge in [0.2, 0.25) is 0 Å². The number of nitrogens with one attached hydrogen (secondary N) is 1. The summed E-state index contributed by atoms with van der Waals surface area (Å²) in [6.45, 7) is 0. The molecule has 0 aliphatic carbocycles. The van der Waals surface area contributed by atoms with Crippen LogP contribution in [0, 0.1) is 0 Å². The Balaban J connectivity index is 2.40. The van der Waals surface area contributed by atoms with Gasteiger partial charge < -0.3 is 10.4 Å². The van der Waals surface area contributed by atoms with Crippen molar-refractivity contribution in [3.8, 4) is 0 Å². The molecule has 1 atom stereocenters. The van der Waals surface area contributed by atoms with E-state index in [4.69, 9.17) is 5.11 Å². The van der Waals surface area contributed by atoms with Crippen LogP contribution in [0.25, 0.3) is 0 Å². The van der Waals surface area contributed by atoms with Gasteiger partial charge >= 0.3 is 0 Å². The molecule has 0 saturated carbocycles. The third kappa shape index (κ3) is 1.29. The van der Waals surface area contributed by atoms with Crippen LogP contribution in [0.4, 0.5) is 0 Å². The summed E-state index contributed by atoms with van der Waals surface area (Å²) in [7, 11) is 0. The molecule has 0 aromatic carbocycles.